The van der Waals surface area contributed by atoms with Crippen LogP contribution in [0.15, 0.2) is 52.7 Å². The monoisotopic (exact) mass is 367 g/mol. The average Bonchev–Trinajstić information content (AvgIpc) is 3.10. The molecule has 26 heavy (non-hydrogen) atoms. The number of benzene rings is 2. The predicted molar refractivity (Wildman–Crippen MR) is 102 cm³/mol. The first kappa shape index (κ1) is 16.5. The number of methoxy groups -OCH3 is 2. The minimum absolute atomic E-state index is 0.581. The molecular formula is C18H17N5O2S. The number of thioether (sulfide) groups is 1. The summed E-state index contributed by atoms with van der Waals surface area (Å²) < 4.78 is 12.4. The van der Waals surface area contributed by atoms with E-state index in [1.165, 1.54) is 0 Å². The highest BCUT2D eigenvalue weighted by Gasteiger charge is 2.22. The van der Waals surface area contributed by atoms with Crippen LogP contribution in [0.5, 0.6) is 11.5 Å². The Labute approximate surface area is 154 Å². The number of nitrogen functional groups attached to an aromatic ring is 1. The first-order chi connectivity index (χ1) is 12.7. The van der Waals surface area contributed by atoms with E-state index in [2.05, 4.69) is 10.2 Å². The van der Waals surface area contributed by atoms with Crippen LogP contribution >= 0.6 is 11.8 Å². The van der Waals surface area contributed by atoms with Gasteiger partial charge in [-0.05, 0) is 30.3 Å². The Kier molecular flexibility index (Phi) is 4.26. The van der Waals surface area contributed by atoms with Crippen LogP contribution in [0.1, 0.15) is 5.56 Å². The summed E-state index contributed by atoms with van der Waals surface area (Å²) in [5.74, 6) is 2.71. The Morgan fingerprint density at radius 3 is 2.62 bits per heavy atom. The maximum Gasteiger partial charge on any atom is 0.212 e. The summed E-state index contributed by atoms with van der Waals surface area (Å²) in [5, 5.41) is 14.1. The van der Waals surface area contributed by atoms with E-state index in [-0.39, 0.29) is 0 Å². The van der Waals surface area contributed by atoms with Crippen LogP contribution in [0.4, 0.5) is 5.69 Å². The Morgan fingerprint density at radius 1 is 1.04 bits per heavy atom. The topological polar surface area (TPSA) is 87.5 Å². The van der Waals surface area contributed by atoms with Crippen molar-refractivity contribution in [2.45, 2.75) is 5.16 Å². The standard InChI is InChI=1S/C18H17N5O2S/c1-24-15-6-4-3-5-12(15)17-20-21-18-23(17)22-14(10-26-18)11-7-8-16(25-2)13(19)9-11/h3-9H,10,19H2,1-2H3. The van der Waals surface area contributed by atoms with Gasteiger partial charge in [0.15, 0.2) is 5.82 Å². The van der Waals surface area contributed by atoms with Crippen molar-refractivity contribution >= 4 is 23.2 Å². The number of nitrogens with two attached hydrogens (primary N) is 1. The van der Waals surface area contributed by atoms with Crippen molar-refractivity contribution in [2.75, 3.05) is 25.7 Å². The van der Waals surface area contributed by atoms with Gasteiger partial charge >= 0.3 is 0 Å². The molecule has 0 bridgehead atoms. The maximum absolute atomic E-state index is 6.04. The summed E-state index contributed by atoms with van der Waals surface area (Å²) in [7, 11) is 3.23. The van der Waals surface area contributed by atoms with Crippen molar-refractivity contribution in [1.82, 2.24) is 14.9 Å². The van der Waals surface area contributed by atoms with Crippen LogP contribution in [-0.4, -0.2) is 40.6 Å². The number of rotatable bonds is 4. The van der Waals surface area contributed by atoms with Crippen LogP contribution in [0, 0.1) is 0 Å². The van der Waals surface area contributed by atoms with Crippen molar-refractivity contribution in [1.29, 1.82) is 0 Å². The van der Waals surface area contributed by atoms with E-state index in [9.17, 15) is 0 Å². The predicted octanol–water partition coefficient (Wildman–Crippen LogP) is 2.90. The van der Waals surface area contributed by atoms with Crippen LogP contribution in [-0.2, 0) is 0 Å². The molecule has 132 valence electrons. The van der Waals surface area contributed by atoms with Crippen LogP contribution < -0.4 is 15.2 Å². The third kappa shape index (κ3) is 2.78. The lowest BCUT2D eigenvalue weighted by molar-refractivity contribution is 0.416. The quantitative estimate of drug-likeness (QED) is 0.714. The molecule has 0 fully saturated rings. The number of nitrogens with zero attached hydrogens (tertiary/aromatic N) is 4. The van der Waals surface area contributed by atoms with E-state index in [1.54, 1.807) is 30.7 Å². The SMILES string of the molecule is COc1ccc(C2=Nn3c(nnc3-c3ccccc3OC)SC2)cc1N. The summed E-state index contributed by atoms with van der Waals surface area (Å²) in [6.45, 7) is 0. The first-order valence-electron chi connectivity index (χ1n) is 7.94. The molecule has 1 aliphatic rings. The van der Waals surface area contributed by atoms with Gasteiger partial charge in [0, 0.05) is 11.3 Å². The molecule has 0 unspecified atom stereocenters. The molecule has 1 aliphatic heterocycles. The van der Waals surface area contributed by atoms with Gasteiger partial charge in [0.1, 0.15) is 11.5 Å². The third-order valence-corrected chi connectivity index (χ3v) is 5.01. The second-order valence-electron chi connectivity index (χ2n) is 5.61. The molecule has 0 spiro atoms. The van der Waals surface area contributed by atoms with Gasteiger partial charge in [-0.1, -0.05) is 23.9 Å². The molecule has 3 aromatic rings. The molecule has 0 radical (unpaired) electrons. The fraction of sp³-hybridized carbons (Fsp3) is 0.167. The molecule has 0 saturated heterocycles. The second-order valence-corrected chi connectivity index (χ2v) is 6.55. The van der Waals surface area contributed by atoms with Crippen LogP contribution in [0.3, 0.4) is 0 Å². The number of ether oxygens (including phenoxy) is 2. The summed E-state index contributed by atoms with van der Waals surface area (Å²) in [6, 6.07) is 13.4. The molecule has 0 atom stereocenters. The molecule has 4 rings (SSSR count). The van der Waals surface area contributed by atoms with Crippen molar-refractivity contribution in [3.63, 3.8) is 0 Å². The summed E-state index contributed by atoms with van der Waals surface area (Å²) in [4.78, 5) is 0. The van der Waals surface area contributed by atoms with Gasteiger partial charge < -0.3 is 15.2 Å². The maximum atomic E-state index is 6.04. The Morgan fingerprint density at radius 2 is 1.85 bits per heavy atom. The van der Waals surface area contributed by atoms with Gasteiger partial charge in [0.25, 0.3) is 0 Å². The Bertz CT molecular complexity index is 999. The number of hydrogen-bond acceptors (Lipinski definition) is 7. The normalized spacial score (nSPS) is 13.1. The van der Waals surface area contributed by atoms with E-state index in [4.69, 9.17) is 20.3 Å². The fourth-order valence-corrected chi connectivity index (χ4v) is 3.62. The lowest BCUT2D eigenvalue weighted by Crippen LogP contribution is -2.14. The lowest BCUT2D eigenvalue weighted by atomic mass is 10.1. The molecule has 0 saturated carbocycles. The van der Waals surface area contributed by atoms with Gasteiger partial charge in [-0.25, -0.2) is 0 Å². The van der Waals surface area contributed by atoms with Gasteiger partial charge in [0.05, 0.1) is 31.2 Å². The molecule has 2 heterocycles. The first-order valence-corrected chi connectivity index (χ1v) is 8.93. The molecule has 0 amide bonds. The zero-order valence-electron chi connectivity index (χ0n) is 14.3. The fourth-order valence-electron chi connectivity index (χ4n) is 2.78. The largest absolute Gasteiger partial charge is 0.496 e. The summed E-state index contributed by atoms with van der Waals surface area (Å²) >= 11 is 1.58. The van der Waals surface area contributed by atoms with E-state index in [0.29, 0.717) is 23.0 Å². The average molecular weight is 367 g/mol. The number of hydrogen-bond donors (Lipinski definition) is 1. The number of para-hydroxylation sites is 1. The second kappa shape index (κ2) is 6.72. The van der Waals surface area contributed by atoms with Gasteiger partial charge in [-0.15, -0.1) is 10.2 Å². The minimum Gasteiger partial charge on any atom is -0.496 e. The molecular weight excluding hydrogens is 350 g/mol. The van der Waals surface area contributed by atoms with Crippen molar-refractivity contribution in [3.8, 4) is 22.9 Å². The van der Waals surface area contributed by atoms with E-state index in [0.717, 1.165) is 27.7 Å². The van der Waals surface area contributed by atoms with Crippen molar-refractivity contribution in [3.05, 3.63) is 48.0 Å². The van der Waals surface area contributed by atoms with Crippen LogP contribution in [0.2, 0.25) is 0 Å². The van der Waals surface area contributed by atoms with Crippen molar-refractivity contribution in [2.24, 2.45) is 5.10 Å². The summed E-state index contributed by atoms with van der Waals surface area (Å²) in [6.07, 6.45) is 0. The zero-order chi connectivity index (χ0) is 18.1. The third-order valence-electron chi connectivity index (χ3n) is 4.08. The van der Waals surface area contributed by atoms with Gasteiger partial charge in [0.2, 0.25) is 5.16 Å². The molecule has 0 aliphatic carbocycles. The van der Waals surface area contributed by atoms with E-state index < -0.39 is 0 Å². The van der Waals surface area contributed by atoms with Crippen molar-refractivity contribution < 1.29 is 9.47 Å². The van der Waals surface area contributed by atoms with Crippen LogP contribution in [0.25, 0.3) is 11.4 Å². The zero-order valence-corrected chi connectivity index (χ0v) is 15.2. The van der Waals surface area contributed by atoms with Gasteiger partial charge in [-0.3, -0.25) is 0 Å². The van der Waals surface area contributed by atoms with Gasteiger partial charge in [-0.2, -0.15) is 9.78 Å². The molecule has 7 nitrogen and oxygen atoms in total. The Balaban J connectivity index is 1.79. The lowest BCUT2D eigenvalue weighted by Gasteiger charge is -2.15. The van der Waals surface area contributed by atoms with E-state index >= 15 is 0 Å². The number of aromatic nitrogens is 3. The summed E-state index contributed by atoms with van der Waals surface area (Å²) in [5.41, 5.74) is 9.30. The minimum atomic E-state index is 0.581. The molecule has 8 heteroatoms. The number of fused-ring (bicyclic) bond motifs is 1. The van der Waals surface area contributed by atoms with E-state index in [1.807, 2.05) is 42.5 Å². The smallest absolute Gasteiger partial charge is 0.212 e. The molecule has 1 aromatic heterocycles. The highest BCUT2D eigenvalue weighted by molar-refractivity contribution is 7.99. The highest BCUT2D eigenvalue weighted by Crippen LogP contribution is 2.33. The number of anilines is 1. The molecule has 2 aromatic carbocycles. The Hall–Kier alpha value is -3.00. The molecule has 2 N–H and O–H groups in total. The highest BCUT2D eigenvalue weighted by atomic mass is 32.2.